The first-order valence-electron chi connectivity index (χ1n) is 7.36. The number of nitrogens with zero attached hydrogens (tertiary/aromatic N) is 2. The molecule has 1 amide bonds. The zero-order valence-corrected chi connectivity index (χ0v) is 12.4. The molecule has 1 saturated heterocycles. The van der Waals surface area contributed by atoms with Crippen molar-refractivity contribution in [1.82, 2.24) is 9.80 Å². The van der Waals surface area contributed by atoms with Crippen LogP contribution in [-0.2, 0) is 4.79 Å². The summed E-state index contributed by atoms with van der Waals surface area (Å²) in [6.45, 7) is 8.74. The van der Waals surface area contributed by atoms with Crippen LogP contribution >= 0.6 is 0 Å². The molecule has 0 radical (unpaired) electrons. The van der Waals surface area contributed by atoms with Gasteiger partial charge < -0.3 is 9.80 Å². The maximum Gasteiger partial charge on any atom is 0.223 e. The molecular weight excluding hydrogens is 224 g/mol. The third-order valence-electron chi connectivity index (χ3n) is 3.99. The van der Waals surface area contributed by atoms with Crippen LogP contribution in [-0.4, -0.2) is 47.9 Å². The zero-order chi connectivity index (χ0) is 13.3. The van der Waals surface area contributed by atoms with Gasteiger partial charge in [-0.2, -0.15) is 0 Å². The van der Waals surface area contributed by atoms with Gasteiger partial charge in [0.05, 0.1) is 0 Å². The fourth-order valence-electron chi connectivity index (χ4n) is 2.88. The van der Waals surface area contributed by atoms with Gasteiger partial charge in [0.2, 0.25) is 5.91 Å². The number of rotatable bonds is 3. The molecule has 0 aromatic carbocycles. The lowest BCUT2D eigenvalue weighted by Crippen LogP contribution is -2.48. The number of hydrogen-bond donors (Lipinski definition) is 0. The molecule has 0 aromatic heterocycles. The monoisotopic (exact) mass is 252 g/mol. The predicted octanol–water partition coefficient (Wildman–Crippen LogP) is 2.51. The van der Waals surface area contributed by atoms with Crippen LogP contribution in [0, 0.1) is 5.41 Å². The summed E-state index contributed by atoms with van der Waals surface area (Å²) in [4.78, 5) is 17.2. The summed E-state index contributed by atoms with van der Waals surface area (Å²) in [7, 11) is 2.18. The van der Waals surface area contributed by atoms with E-state index in [1.807, 2.05) is 0 Å². The van der Waals surface area contributed by atoms with Gasteiger partial charge in [0.1, 0.15) is 0 Å². The summed E-state index contributed by atoms with van der Waals surface area (Å²) < 4.78 is 0. The Morgan fingerprint density at radius 3 is 2.06 bits per heavy atom. The average Bonchev–Trinajstić information content (AvgIpc) is 3.03. The molecule has 1 saturated carbocycles. The van der Waals surface area contributed by atoms with Crippen molar-refractivity contribution in [3.63, 3.8) is 0 Å². The van der Waals surface area contributed by atoms with E-state index in [1.54, 1.807) is 0 Å². The molecule has 3 heteroatoms. The van der Waals surface area contributed by atoms with Crippen molar-refractivity contribution >= 4 is 5.91 Å². The average molecular weight is 252 g/mol. The van der Waals surface area contributed by atoms with Gasteiger partial charge in [0, 0.05) is 18.5 Å². The minimum Gasteiger partial charge on any atom is -0.337 e. The normalized spacial score (nSPS) is 23.1. The summed E-state index contributed by atoms with van der Waals surface area (Å²) in [5.74, 6) is 0.388. The van der Waals surface area contributed by atoms with Gasteiger partial charge in [-0.3, -0.25) is 4.79 Å². The summed E-state index contributed by atoms with van der Waals surface area (Å²) in [6, 6.07) is 1.07. The first-order chi connectivity index (χ1) is 8.37. The van der Waals surface area contributed by atoms with Gasteiger partial charge in [-0.15, -0.1) is 0 Å². The molecule has 3 nitrogen and oxygen atoms in total. The van der Waals surface area contributed by atoms with E-state index in [2.05, 4.69) is 37.6 Å². The molecule has 18 heavy (non-hydrogen) atoms. The highest BCUT2D eigenvalue weighted by Crippen LogP contribution is 2.34. The smallest absolute Gasteiger partial charge is 0.223 e. The molecule has 2 rings (SSSR count). The molecule has 0 bridgehead atoms. The van der Waals surface area contributed by atoms with Crippen LogP contribution in [0.15, 0.2) is 0 Å². The van der Waals surface area contributed by atoms with E-state index in [0.717, 1.165) is 25.9 Å². The highest BCUT2D eigenvalue weighted by Gasteiger charge is 2.38. The Kier molecular flexibility index (Phi) is 4.00. The number of hydrogen-bond acceptors (Lipinski definition) is 2. The molecule has 104 valence electrons. The van der Waals surface area contributed by atoms with Crippen molar-refractivity contribution in [3.05, 3.63) is 0 Å². The van der Waals surface area contributed by atoms with Crippen LogP contribution in [0.2, 0.25) is 0 Å². The highest BCUT2D eigenvalue weighted by molar-refractivity contribution is 5.78. The number of carbonyl (C=O) groups excluding carboxylic acids is 1. The quantitative estimate of drug-likeness (QED) is 0.770. The molecule has 0 atom stereocenters. The maximum absolute atomic E-state index is 12.5. The van der Waals surface area contributed by atoms with Crippen LogP contribution in [0.5, 0.6) is 0 Å². The second-order valence-electron chi connectivity index (χ2n) is 7.30. The summed E-state index contributed by atoms with van der Waals surface area (Å²) in [5.41, 5.74) is 0.107. The van der Waals surface area contributed by atoms with Crippen LogP contribution in [0.25, 0.3) is 0 Å². The number of amides is 1. The lowest BCUT2D eigenvalue weighted by molar-refractivity contribution is -0.137. The minimum atomic E-state index is 0.107. The third-order valence-corrected chi connectivity index (χ3v) is 3.99. The molecule has 0 spiro atoms. The Bertz CT molecular complexity index is 296. The Labute approximate surface area is 112 Å². The Balaban J connectivity index is 1.97. The van der Waals surface area contributed by atoms with Gasteiger partial charge in [-0.25, -0.2) is 0 Å². The van der Waals surface area contributed by atoms with Crippen LogP contribution in [0.1, 0.15) is 52.9 Å². The van der Waals surface area contributed by atoms with Gasteiger partial charge in [0.15, 0.2) is 0 Å². The van der Waals surface area contributed by atoms with E-state index in [0.29, 0.717) is 24.4 Å². The topological polar surface area (TPSA) is 23.6 Å². The predicted molar refractivity (Wildman–Crippen MR) is 74.5 cm³/mol. The fraction of sp³-hybridized carbons (Fsp3) is 0.933. The van der Waals surface area contributed by atoms with Crippen LogP contribution in [0.3, 0.4) is 0 Å². The standard InChI is InChI=1S/C15H28N2O/c1-15(2,3)11-14(18)17(12-5-6-12)13-7-9-16(4)10-8-13/h12-13H,5-11H2,1-4H3. The van der Waals surface area contributed by atoms with Gasteiger partial charge in [0.25, 0.3) is 0 Å². The van der Waals surface area contributed by atoms with E-state index in [4.69, 9.17) is 0 Å². The van der Waals surface area contributed by atoms with Crippen LogP contribution < -0.4 is 0 Å². The van der Waals surface area contributed by atoms with Crippen molar-refractivity contribution in [2.75, 3.05) is 20.1 Å². The highest BCUT2D eigenvalue weighted by atomic mass is 16.2. The largest absolute Gasteiger partial charge is 0.337 e. The minimum absolute atomic E-state index is 0.107. The summed E-state index contributed by atoms with van der Waals surface area (Å²) in [5, 5.41) is 0. The molecule has 0 unspecified atom stereocenters. The van der Waals surface area contributed by atoms with Crippen molar-refractivity contribution in [1.29, 1.82) is 0 Å². The molecule has 1 heterocycles. The lowest BCUT2D eigenvalue weighted by atomic mass is 9.90. The van der Waals surface area contributed by atoms with E-state index >= 15 is 0 Å². The summed E-state index contributed by atoms with van der Waals surface area (Å²) >= 11 is 0. The second-order valence-corrected chi connectivity index (χ2v) is 7.30. The van der Waals surface area contributed by atoms with E-state index in [9.17, 15) is 4.79 Å². The van der Waals surface area contributed by atoms with Gasteiger partial charge >= 0.3 is 0 Å². The van der Waals surface area contributed by atoms with Gasteiger partial charge in [-0.05, 0) is 51.2 Å². The van der Waals surface area contributed by atoms with E-state index in [-0.39, 0.29) is 5.41 Å². The fourth-order valence-corrected chi connectivity index (χ4v) is 2.88. The van der Waals surface area contributed by atoms with Crippen molar-refractivity contribution in [2.45, 2.75) is 65.0 Å². The first-order valence-corrected chi connectivity index (χ1v) is 7.36. The maximum atomic E-state index is 12.5. The third kappa shape index (κ3) is 3.71. The molecule has 2 fully saturated rings. The molecule has 0 aromatic rings. The second kappa shape index (κ2) is 5.20. The molecule has 2 aliphatic rings. The lowest BCUT2D eigenvalue weighted by Gasteiger charge is -2.38. The number of likely N-dealkylation sites (tertiary alicyclic amines) is 1. The number of piperidine rings is 1. The Hall–Kier alpha value is -0.570. The molecule has 0 N–H and O–H groups in total. The molecule has 1 aliphatic heterocycles. The van der Waals surface area contributed by atoms with Gasteiger partial charge in [-0.1, -0.05) is 20.8 Å². The Morgan fingerprint density at radius 2 is 1.61 bits per heavy atom. The van der Waals surface area contributed by atoms with Crippen LogP contribution in [0.4, 0.5) is 0 Å². The van der Waals surface area contributed by atoms with Crippen molar-refractivity contribution < 1.29 is 4.79 Å². The van der Waals surface area contributed by atoms with Crippen molar-refractivity contribution in [2.24, 2.45) is 5.41 Å². The number of carbonyl (C=O) groups is 1. The molecule has 1 aliphatic carbocycles. The van der Waals surface area contributed by atoms with E-state index < -0.39 is 0 Å². The Morgan fingerprint density at radius 1 is 1.11 bits per heavy atom. The summed E-state index contributed by atoms with van der Waals surface area (Å²) in [6.07, 6.45) is 5.45. The van der Waals surface area contributed by atoms with E-state index in [1.165, 1.54) is 12.8 Å². The van der Waals surface area contributed by atoms with Crippen molar-refractivity contribution in [3.8, 4) is 0 Å². The first kappa shape index (κ1) is 13.9. The zero-order valence-electron chi connectivity index (χ0n) is 12.4. The SMILES string of the molecule is CN1CCC(N(C(=O)CC(C)(C)C)C2CC2)CC1. The molecular formula is C15H28N2O.